The maximum Gasteiger partial charge on any atom is 0.236 e. The normalized spacial score (nSPS) is 20.1. The molecule has 3 rings (SSSR count). The highest BCUT2D eigenvalue weighted by Gasteiger charge is 2.25. The number of benzene rings is 1. The summed E-state index contributed by atoms with van der Waals surface area (Å²) in [5, 5.41) is 0. The molecular weight excluding hydrogens is 334 g/mol. The molecule has 0 radical (unpaired) electrons. The van der Waals surface area contributed by atoms with Gasteiger partial charge in [-0.25, -0.2) is 0 Å². The van der Waals surface area contributed by atoms with Crippen LogP contribution in [0.4, 0.5) is 5.69 Å². The molecule has 0 bridgehead atoms. The van der Waals surface area contributed by atoms with E-state index in [1.54, 1.807) is 0 Å². The van der Waals surface area contributed by atoms with Gasteiger partial charge in [0.1, 0.15) is 0 Å². The number of hydrogen-bond acceptors (Lipinski definition) is 3. The van der Waals surface area contributed by atoms with E-state index in [-0.39, 0.29) is 0 Å². The van der Waals surface area contributed by atoms with Crippen LogP contribution in [0.5, 0.6) is 0 Å². The van der Waals surface area contributed by atoms with Gasteiger partial charge in [-0.1, -0.05) is 32.9 Å². The van der Waals surface area contributed by atoms with Gasteiger partial charge in [-0.2, -0.15) is 0 Å². The molecule has 2 aliphatic heterocycles. The van der Waals surface area contributed by atoms with Crippen LogP contribution in [0.3, 0.4) is 0 Å². The summed E-state index contributed by atoms with van der Waals surface area (Å²) in [6.45, 7) is 13.3. The van der Waals surface area contributed by atoms with E-state index in [0.717, 1.165) is 63.9 Å². The molecule has 2 aliphatic rings. The number of aryl methyl sites for hydroxylation is 1. The Morgan fingerprint density at radius 2 is 1.70 bits per heavy atom. The van der Waals surface area contributed by atoms with Gasteiger partial charge >= 0.3 is 0 Å². The molecule has 1 aromatic rings. The fourth-order valence-corrected chi connectivity index (χ4v) is 4.44. The van der Waals surface area contributed by atoms with Crippen LogP contribution in [0.15, 0.2) is 24.3 Å². The van der Waals surface area contributed by atoms with E-state index in [1.807, 2.05) is 0 Å². The highest BCUT2D eigenvalue weighted by atomic mass is 16.2. The lowest BCUT2D eigenvalue weighted by Gasteiger charge is -2.34. The van der Waals surface area contributed by atoms with Crippen LogP contribution < -0.4 is 4.90 Å². The van der Waals surface area contributed by atoms with E-state index in [1.165, 1.54) is 24.1 Å². The standard InChI is InChI=1S/C23H37N3O/c1-4-20-6-8-22(9-7-20)25-12-5-13-26(17-16-25)23(27)18-24-14-10-21(11-15-24)19(2)3/h6-9,19,21H,4-5,10-18H2,1-3H3. The van der Waals surface area contributed by atoms with Crippen LogP contribution in [0.1, 0.15) is 45.6 Å². The molecule has 2 saturated heterocycles. The van der Waals surface area contributed by atoms with Crippen LogP contribution in [-0.4, -0.2) is 61.5 Å². The zero-order valence-corrected chi connectivity index (χ0v) is 17.5. The fraction of sp³-hybridized carbons (Fsp3) is 0.696. The lowest BCUT2D eigenvalue weighted by Crippen LogP contribution is -2.45. The largest absolute Gasteiger partial charge is 0.370 e. The number of likely N-dealkylation sites (tertiary alicyclic amines) is 1. The molecule has 0 aromatic heterocycles. The molecule has 0 aliphatic carbocycles. The Bertz CT molecular complexity index is 590. The first-order valence-electron chi connectivity index (χ1n) is 10.9. The van der Waals surface area contributed by atoms with Crippen molar-refractivity contribution in [2.75, 3.05) is 50.7 Å². The third kappa shape index (κ3) is 5.47. The number of nitrogens with zero attached hydrogens (tertiary/aromatic N) is 3. The highest BCUT2D eigenvalue weighted by molar-refractivity contribution is 5.78. The smallest absolute Gasteiger partial charge is 0.236 e. The maximum atomic E-state index is 12.8. The second-order valence-corrected chi connectivity index (χ2v) is 8.60. The van der Waals surface area contributed by atoms with Gasteiger partial charge in [0, 0.05) is 31.9 Å². The van der Waals surface area contributed by atoms with Crippen LogP contribution in [0.2, 0.25) is 0 Å². The molecule has 1 aromatic carbocycles. The summed E-state index contributed by atoms with van der Waals surface area (Å²) in [6, 6.07) is 8.91. The summed E-state index contributed by atoms with van der Waals surface area (Å²) in [5.41, 5.74) is 2.67. The number of rotatable bonds is 5. The predicted octanol–water partition coefficient (Wildman–Crippen LogP) is 3.66. The number of carbonyl (C=O) groups is 1. The molecule has 4 heteroatoms. The summed E-state index contributed by atoms with van der Waals surface area (Å²) in [4.78, 5) is 19.7. The second kappa shape index (κ2) is 9.59. The topological polar surface area (TPSA) is 26.8 Å². The lowest BCUT2D eigenvalue weighted by atomic mass is 9.87. The minimum absolute atomic E-state index is 0.321. The Morgan fingerprint density at radius 3 is 2.33 bits per heavy atom. The predicted molar refractivity (Wildman–Crippen MR) is 113 cm³/mol. The average molecular weight is 372 g/mol. The molecule has 0 spiro atoms. The third-order valence-electron chi connectivity index (χ3n) is 6.49. The minimum Gasteiger partial charge on any atom is -0.370 e. The van der Waals surface area contributed by atoms with Crippen molar-refractivity contribution in [3.05, 3.63) is 29.8 Å². The van der Waals surface area contributed by atoms with Crippen molar-refractivity contribution in [2.24, 2.45) is 11.8 Å². The van der Waals surface area contributed by atoms with Crippen LogP contribution in [0.25, 0.3) is 0 Å². The zero-order valence-electron chi connectivity index (χ0n) is 17.5. The summed E-state index contributed by atoms with van der Waals surface area (Å²) in [6.07, 6.45) is 4.62. The van der Waals surface area contributed by atoms with Crippen molar-refractivity contribution in [1.29, 1.82) is 0 Å². The van der Waals surface area contributed by atoms with E-state index in [2.05, 4.69) is 59.7 Å². The Balaban J connectivity index is 1.48. The molecule has 2 heterocycles. The van der Waals surface area contributed by atoms with Gasteiger partial charge in [-0.05, 0) is 68.3 Å². The maximum absolute atomic E-state index is 12.8. The van der Waals surface area contributed by atoms with E-state index >= 15 is 0 Å². The van der Waals surface area contributed by atoms with Crippen LogP contribution in [0, 0.1) is 11.8 Å². The average Bonchev–Trinajstić information content (AvgIpc) is 2.95. The van der Waals surface area contributed by atoms with E-state index < -0.39 is 0 Å². The monoisotopic (exact) mass is 371 g/mol. The van der Waals surface area contributed by atoms with Gasteiger partial charge in [0.2, 0.25) is 5.91 Å². The molecule has 0 unspecified atom stereocenters. The van der Waals surface area contributed by atoms with Gasteiger partial charge in [0.25, 0.3) is 0 Å². The summed E-state index contributed by atoms with van der Waals surface area (Å²) in [7, 11) is 0. The first kappa shape index (κ1) is 20.2. The Labute approximate surface area is 165 Å². The van der Waals surface area contributed by atoms with Gasteiger partial charge in [0.05, 0.1) is 6.54 Å². The van der Waals surface area contributed by atoms with E-state index in [9.17, 15) is 4.79 Å². The van der Waals surface area contributed by atoms with Gasteiger partial charge < -0.3 is 9.80 Å². The van der Waals surface area contributed by atoms with Crippen LogP contribution >= 0.6 is 0 Å². The lowest BCUT2D eigenvalue weighted by molar-refractivity contribution is -0.132. The quantitative estimate of drug-likeness (QED) is 0.790. The SMILES string of the molecule is CCc1ccc(N2CCCN(C(=O)CN3CCC(C(C)C)CC3)CC2)cc1. The molecule has 2 fully saturated rings. The van der Waals surface area contributed by atoms with Crippen LogP contribution in [-0.2, 0) is 11.2 Å². The third-order valence-corrected chi connectivity index (χ3v) is 6.49. The second-order valence-electron chi connectivity index (χ2n) is 8.60. The summed E-state index contributed by atoms with van der Waals surface area (Å²) in [5.74, 6) is 1.93. The molecule has 4 nitrogen and oxygen atoms in total. The van der Waals surface area contributed by atoms with Crippen molar-refractivity contribution in [3.63, 3.8) is 0 Å². The highest BCUT2D eigenvalue weighted by Crippen LogP contribution is 2.24. The van der Waals surface area contributed by atoms with Crippen molar-refractivity contribution in [3.8, 4) is 0 Å². The number of piperidine rings is 1. The minimum atomic E-state index is 0.321. The Kier molecular flexibility index (Phi) is 7.17. The fourth-order valence-electron chi connectivity index (χ4n) is 4.44. The van der Waals surface area contributed by atoms with E-state index in [4.69, 9.17) is 0 Å². The first-order valence-corrected chi connectivity index (χ1v) is 10.9. The van der Waals surface area contributed by atoms with Crippen molar-refractivity contribution < 1.29 is 4.79 Å². The number of amides is 1. The molecule has 0 saturated carbocycles. The Morgan fingerprint density at radius 1 is 1.00 bits per heavy atom. The number of hydrogen-bond donors (Lipinski definition) is 0. The molecule has 0 atom stereocenters. The van der Waals surface area contributed by atoms with Gasteiger partial charge in [-0.3, -0.25) is 9.69 Å². The van der Waals surface area contributed by atoms with Crippen molar-refractivity contribution in [2.45, 2.75) is 46.5 Å². The number of anilines is 1. The van der Waals surface area contributed by atoms with Crippen molar-refractivity contribution >= 4 is 11.6 Å². The molecule has 27 heavy (non-hydrogen) atoms. The Hall–Kier alpha value is -1.55. The van der Waals surface area contributed by atoms with Gasteiger partial charge in [-0.15, -0.1) is 0 Å². The van der Waals surface area contributed by atoms with Gasteiger partial charge in [0.15, 0.2) is 0 Å². The first-order chi connectivity index (χ1) is 13.1. The molecule has 0 N–H and O–H groups in total. The molecule has 1 amide bonds. The summed E-state index contributed by atoms with van der Waals surface area (Å²) < 4.78 is 0. The zero-order chi connectivity index (χ0) is 19.2. The van der Waals surface area contributed by atoms with Crippen molar-refractivity contribution in [1.82, 2.24) is 9.80 Å². The number of carbonyl (C=O) groups excluding carboxylic acids is 1. The summed E-state index contributed by atoms with van der Waals surface area (Å²) >= 11 is 0. The molecule has 150 valence electrons. The van der Waals surface area contributed by atoms with E-state index in [0.29, 0.717) is 12.5 Å². The molecular formula is C23H37N3O.